The van der Waals surface area contributed by atoms with Gasteiger partial charge in [0.05, 0.1) is 5.52 Å². The van der Waals surface area contributed by atoms with Crippen LogP contribution >= 0.6 is 0 Å². The fourth-order valence-electron chi connectivity index (χ4n) is 2.85. The minimum atomic E-state index is 0.482. The van der Waals surface area contributed by atoms with Gasteiger partial charge in [-0.1, -0.05) is 48.5 Å². The molecule has 21 heavy (non-hydrogen) atoms. The van der Waals surface area contributed by atoms with Gasteiger partial charge in [-0.3, -0.25) is 0 Å². The molecule has 0 radical (unpaired) electrons. The van der Waals surface area contributed by atoms with E-state index in [2.05, 4.69) is 77.6 Å². The number of nitrogens with one attached hydrogen (secondary N) is 1. The normalized spacial score (nSPS) is 12.7. The summed E-state index contributed by atoms with van der Waals surface area (Å²) in [7, 11) is 2.02. The van der Waals surface area contributed by atoms with Crippen molar-refractivity contribution in [2.24, 2.45) is 0 Å². The van der Waals surface area contributed by atoms with E-state index in [0.717, 1.165) is 13.0 Å². The second kappa shape index (κ2) is 6.15. The van der Waals surface area contributed by atoms with Crippen molar-refractivity contribution in [3.8, 4) is 0 Å². The van der Waals surface area contributed by atoms with Crippen LogP contribution in [-0.4, -0.2) is 17.7 Å². The van der Waals surface area contributed by atoms with E-state index in [-0.39, 0.29) is 0 Å². The van der Waals surface area contributed by atoms with Crippen molar-refractivity contribution < 1.29 is 0 Å². The molecule has 2 heteroatoms. The highest BCUT2D eigenvalue weighted by atomic mass is 15.0. The van der Waals surface area contributed by atoms with Crippen LogP contribution in [0.25, 0.3) is 10.9 Å². The van der Waals surface area contributed by atoms with E-state index in [0.29, 0.717) is 6.04 Å². The first-order chi connectivity index (χ1) is 10.3. The van der Waals surface area contributed by atoms with Gasteiger partial charge in [0.15, 0.2) is 0 Å². The molecule has 0 bridgehead atoms. The molecule has 3 aromatic rings. The first kappa shape index (κ1) is 13.9. The molecule has 0 aliphatic rings. The molecule has 1 atom stereocenters. The number of likely N-dealkylation sites (N-methyl/N-ethyl adjacent to an activating group) is 1. The Balaban J connectivity index is 1.99. The third-order valence-electron chi connectivity index (χ3n) is 4.09. The van der Waals surface area contributed by atoms with E-state index in [9.17, 15) is 0 Å². The highest BCUT2D eigenvalue weighted by molar-refractivity contribution is 5.83. The molecule has 3 rings (SSSR count). The Labute approximate surface area is 126 Å². The molecule has 1 N–H and O–H groups in total. The summed E-state index contributed by atoms with van der Waals surface area (Å²) in [5, 5.41) is 4.66. The van der Waals surface area contributed by atoms with E-state index in [1.807, 2.05) is 7.05 Å². The maximum atomic E-state index is 3.33. The average molecular weight is 278 g/mol. The number of aromatic nitrogens is 1. The van der Waals surface area contributed by atoms with E-state index < -0.39 is 0 Å². The Hall–Kier alpha value is -2.06. The highest BCUT2D eigenvalue weighted by Gasteiger charge is 2.09. The van der Waals surface area contributed by atoms with Gasteiger partial charge in [0, 0.05) is 18.8 Å². The zero-order valence-corrected chi connectivity index (χ0v) is 12.7. The van der Waals surface area contributed by atoms with Crippen LogP contribution in [0.1, 0.15) is 18.1 Å². The lowest BCUT2D eigenvalue weighted by Gasteiger charge is -2.14. The van der Waals surface area contributed by atoms with Crippen LogP contribution in [0.4, 0.5) is 0 Å². The van der Waals surface area contributed by atoms with Crippen molar-refractivity contribution in [3.63, 3.8) is 0 Å². The van der Waals surface area contributed by atoms with E-state index in [1.165, 1.54) is 22.0 Å². The third kappa shape index (κ3) is 3.01. The number of hydrogen-bond donors (Lipinski definition) is 1. The molecular formula is C19H22N2. The summed E-state index contributed by atoms with van der Waals surface area (Å²) in [6, 6.07) is 19.9. The number of para-hydroxylation sites is 1. The molecule has 0 fully saturated rings. The summed E-state index contributed by atoms with van der Waals surface area (Å²) in [4.78, 5) is 0. The largest absolute Gasteiger partial charge is 0.343 e. The molecule has 1 aromatic heterocycles. The highest BCUT2D eigenvalue weighted by Crippen LogP contribution is 2.22. The number of nitrogens with zero attached hydrogens (tertiary/aromatic N) is 1. The van der Waals surface area contributed by atoms with Gasteiger partial charge in [0.1, 0.15) is 0 Å². The maximum Gasteiger partial charge on any atom is 0.0516 e. The van der Waals surface area contributed by atoms with Crippen LogP contribution in [-0.2, 0) is 13.0 Å². The van der Waals surface area contributed by atoms with Gasteiger partial charge >= 0.3 is 0 Å². The first-order valence-corrected chi connectivity index (χ1v) is 7.56. The van der Waals surface area contributed by atoms with Gasteiger partial charge in [-0.05, 0) is 43.0 Å². The molecule has 0 saturated heterocycles. The van der Waals surface area contributed by atoms with Gasteiger partial charge in [-0.25, -0.2) is 0 Å². The number of rotatable bonds is 5. The van der Waals surface area contributed by atoms with Crippen LogP contribution in [0.15, 0.2) is 60.8 Å². The summed E-state index contributed by atoms with van der Waals surface area (Å²) in [6.45, 7) is 3.15. The minimum absolute atomic E-state index is 0.482. The number of benzene rings is 2. The molecule has 1 unspecified atom stereocenters. The van der Waals surface area contributed by atoms with Crippen LogP contribution in [0.5, 0.6) is 0 Å². The Kier molecular flexibility index (Phi) is 4.07. The predicted octanol–water partition coefficient (Wildman–Crippen LogP) is 3.84. The maximum absolute atomic E-state index is 3.33. The second-order valence-electron chi connectivity index (χ2n) is 5.68. The summed E-state index contributed by atoms with van der Waals surface area (Å²) in [6.07, 6.45) is 3.25. The lowest BCUT2D eigenvalue weighted by atomic mass is 10.0. The Morgan fingerprint density at radius 2 is 1.81 bits per heavy atom. The zero-order chi connectivity index (χ0) is 14.7. The smallest absolute Gasteiger partial charge is 0.0516 e. The van der Waals surface area contributed by atoms with Crippen molar-refractivity contribution >= 4 is 10.9 Å². The average Bonchev–Trinajstić information content (AvgIpc) is 2.92. The number of fused-ring (bicyclic) bond motifs is 1. The Morgan fingerprint density at radius 1 is 1.00 bits per heavy atom. The van der Waals surface area contributed by atoms with Gasteiger partial charge < -0.3 is 9.88 Å². The molecule has 108 valence electrons. The first-order valence-electron chi connectivity index (χ1n) is 7.56. The molecule has 2 aromatic carbocycles. The summed E-state index contributed by atoms with van der Waals surface area (Å²) in [5.41, 5.74) is 4.12. The van der Waals surface area contributed by atoms with Crippen molar-refractivity contribution in [2.75, 3.05) is 7.05 Å². The molecule has 0 saturated carbocycles. The zero-order valence-electron chi connectivity index (χ0n) is 12.7. The van der Waals surface area contributed by atoms with Gasteiger partial charge in [-0.2, -0.15) is 0 Å². The van der Waals surface area contributed by atoms with E-state index in [4.69, 9.17) is 0 Å². The fourth-order valence-corrected chi connectivity index (χ4v) is 2.85. The molecule has 0 aliphatic heterocycles. The summed E-state index contributed by atoms with van der Waals surface area (Å²) < 4.78 is 2.36. The van der Waals surface area contributed by atoms with Crippen molar-refractivity contribution in [1.82, 2.24) is 9.88 Å². The van der Waals surface area contributed by atoms with Gasteiger partial charge in [-0.15, -0.1) is 0 Å². The molecular weight excluding hydrogens is 256 g/mol. The minimum Gasteiger partial charge on any atom is -0.343 e. The van der Waals surface area contributed by atoms with E-state index >= 15 is 0 Å². The Morgan fingerprint density at radius 3 is 2.57 bits per heavy atom. The SMILES string of the molecule is CNC(C)Cc1cccc2ccn(Cc3ccccc3)c12. The molecule has 2 nitrogen and oxygen atoms in total. The van der Waals surface area contributed by atoms with Gasteiger partial charge in [0.2, 0.25) is 0 Å². The lowest BCUT2D eigenvalue weighted by molar-refractivity contribution is 0.609. The second-order valence-corrected chi connectivity index (χ2v) is 5.68. The quantitative estimate of drug-likeness (QED) is 0.750. The molecule has 1 heterocycles. The standard InChI is InChI=1S/C19H22N2/c1-15(20-2)13-18-10-6-9-17-11-12-21(19(17)18)14-16-7-4-3-5-8-16/h3-12,15,20H,13-14H2,1-2H3. The number of hydrogen-bond acceptors (Lipinski definition) is 1. The Bertz CT molecular complexity index is 713. The molecule has 0 amide bonds. The summed E-state index contributed by atoms with van der Waals surface area (Å²) >= 11 is 0. The molecule has 0 spiro atoms. The lowest BCUT2D eigenvalue weighted by Crippen LogP contribution is -2.23. The third-order valence-corrected chi connectivity index (χ3v) is 4.09. The topological polar surface area (TPSA) is 17.0 Å². The van der Waals surface area contributed by atoms with Crippen LogP contribution in [0.2, 0.25) is 0 Å². The van der Waals surface area contributed by atoms with Crippen LogP contribution < -0.4 is 5.32 Å². The van der Waals surface area contributed by atoms with Gasteiger partial charge in [0.25, 0.3) is 0 Å². The molecule has 0 aliphatic carbocycles. The predicted molar refractivity (Wildman–Crippen MR) is 89.7 cm³/mol. The van der Waals surface area contributed by atoms with Crippen molar-refractivity contribution in [1.29, 1.82) is 0 Å². The van der Waals surface area contributed by atoms with Crippen LogP contribution in [0.3, 0.4) is 0 Å². The van der Waals surface area contributed by atoms with Crippen molar-refractivity contribution in [3.05, 3.63) is 71.9 Å². The van der Waals surface area contributed by atoms with Crippen LogP contribution in [0, 0.1) is 0 Å². The van der Waals surface area contributed by atoms with Crippen molar-refractivity contribution in [2.45, 2.75) is 25.9 Å². The fraction of sp³-hybridized carbons (Fsp3) is 0.263. The monoisotopic (exact) mass is 278 g/mol. The van der Waals surface area contributed by atoms with E-state index in [1.54, 1.807) is 0 Å². The summed E-state index contributed by atoms with van der Waals surface area (Å²) in [5.74, 6) is 0.